The lowest BCUT2D eigenvalue weighted by Crippen LogP contribution is -2.42. The predicted molar refractivity (Wildman–Crippen MR) is 77.1 cm³/mol. The molecule has 1 amide bonds. The number of amides is 1. The van der Waals surface area contributed by atoms with Crippen molar-refractivity contribution in [2.45, 2.75) is 45.2 Å². The molecule has 0 heterocycles. The van der Waals surface area contributed by atoms with Crippen molar-refractivity contribution in [1.29, 1.82) is 0 Å². The van der Waals surface area contributed by atoms with Crippen LogP contribution in [0.2, 0.25) is 0 Å². The van der Waals surface area contributed by atoms with Crippen molar-refractivity contribution in [2.75, 3.05) is 7.11 Å². The number of carbonyl (C=O) groups is 1. The first-order valence-electron chi connectivity index (χ1n) is 6.82. The van der Waals surface area contributed by atoms with E-state index >= 15 is 0 Å². The van der Waals surface area contributed by atoms with Gasteiger partial charge in [0.05, 0.1) is 19.2 Å². The van der Waals surface area contributed by atoms with Crippen LogP contribution in [0.15, 0.2) is 24.3 Å². The van der Waals surface area contributed by atoms with Crippen LogP contribution in [-0.4, -0.2) is 19.1 Å². The lowest BCUT2D eigenvalue weighted by atomic mass is 10.0. The van der Waals surface area contributed by atoms with E-state index in [0.29, 0.717) is 6.42 Å². The van der Waals surface area contributed by atoms with E-state index in [1.54, 1.807) is 7.11 Å². The number of hydrogen-bond acceptors (Lipinski definition) is 3. The summed E-state index contributed by atoms with van der Waals surface area (Å²) in [5, 5.41) is 3.00. The van der Waals surface area contributed by atoms with Crippen LogP contribution in [0.1, 0.15) is 44.7 Å². The summed E-state index contributed by atoms with van der Waals surface area (Å²) in [6, 6.07) is 7.23. The maximum Gasteiger partial charge on any atom is 0.237 e. The number of para-hydroxylation sites is 1. The lowest BCUT2D eigenvalue weighted by molar-refractivity contribution is -0.123. The molecule has 3 N–H and O–H groups in total. The highest BCUT2D eigenvalue weighted by molar-refractivity contribution is 5.81. The van der Waals surface area contributed by atoms with Crippen LogP contribution in [0.25, 0.3) is 0 Å². The quantitative estimate of drug-likeness (QED) is 0.794. The van der Waals surface area contributed by atoms with Crippen LogP contribution in [0.3, 0.4) is 0 Å². The van der Waals surface area contributed by atoms with Gasteiger partial charge in [-0.3, -0.25) is 4.79 Å². The Morgan fingerprint density at radius 1 is 1.37 bits per heavy atom. The molecule has 0 radical (unpaired) electrons. The van der Waals surface area contributed by atoms with E-state index in [0.717, 1.165) is 24.2 Å². The third-order valence-corrected chi connectivity index (χ3v) is 3.18. The highest BCUT2D eigenvalue weighted by Crippen LogP contribution is 2.26. The molecule has 19 heavy (non-hydrogen) atoms. The standard InChI is InChI=1S/C15H24N2O2/c1-4-8-12(16)15(18)17-13(5-2)11-9-6-7-10-14(11)19-3/h6-7,9-10,12-13H,4-5,8,16H2,1-3H3,(H,17,18). The van der Waals surface area contributed by atoms with E-state index in [4.69, 9.17) is 10.5 Å². The molecule has 4 nitrogen and oxygen atoms in total. The average molecular weight is 264 g/mol. The summed E-state index contributed by atoms with van der Waals surface area (Å²) in [7, 11) is 1.64. The zero-order valence-corrected chi connectivity index (χ0v) is 12.0. The summed E-state index contributed by atoms with van der Waals surface area (Å²) in [6.45, 7) is 4.05. The van der Waals surface area contributed by atoms with Gasteiger partial charge >= 0.3 is 0 Å². The van der Waals surface area contributed by atoms with Crippen molar-refractivity contribution >= 4 is 5.91 Å². The SMILES string of the molecule is CCCC(N)C(=O)NC(CC)c1ccccc1OC. The van der Waals surface area contributed by atoms with Gasteiger partial charge in [-0.15, -0.1) is 0 Å². The van der Waals surface area contributed by atoms with Crippen molar-refractivity contribution in [3.8, 4) is 5.75 Å². The molecule has 0 spiro atoms. The maximum absolute atomic E-state index is 12.0. The van der Waals surface area contributed by atoms with Crippen LogP contribution >= 0.6 is 0 Å². The smallest absolute Gasteiger partial charge is 0.237 e. The molecule has 0 aliphatic rings. The minimum absolute atomic E-state index is 0.0634. The Morgan fingerprint density at radius 3 is 2.63 bits per heavy atom. The molecule has 4 heteroatoms. The molecule has 0 aliphatic heterocycles. The van der Waals surface area contributed by atoms with Gasteiger partial charge in [0.2, 0.25) is 5.91 Å². The number of nitrogens with two attached hydrogens (primary N) is 1. The van der Waals surface area contributed by atoms with Crippen molar-refractivity contribution < 1.29 is 9.53 Å². The van der Waals surface area contributed by atoms with Gasteiger partial charge in [-0.2, -0.15) is 0 Å². The third-order valence-electron chi connectivity index (χ3n) is 3.18. The fourth-order valence-electron chi connectivity index (χ4n) is 2.07. The Bertz CT molecular complexity index is 407. The number of ether oxygens (including phenoxy) is 1. The van der Waals surface area contributed by atoms with Crippen LogP contribution < -0.4 is 15.8 Å². The number of nitrogens with one attached hydrogen (secondary N) is 1. The van der Waals surface area contributed by atoms with Crippen LogP contribution in [0.5, 0.6) is 5.75 Å². The van der Waals surface area contributed by atoms with E-state index in [1.165, 1.54) is 0 Å². The summed E-state index contributed by atoms with van der Waals surface area (Å²) in [6.07, 6.45) is 2.40. The second kappa shape index (κ2) is 7.79. The average Bonchev–Trinajstić information content (AvgIpc) is 2.44. The van der Waals surface area contributed by atoms with Gasteiger partial charge in [-0.05, 0) is 18.9 Å². The molecule has 106 valence electrons. The molecule has 0 aromatic heterocycles. The Kier molecular flexibility index (Phi) is 6.36. The fraction of sp³-hybridized carbons (Fsp3) is 0.533. The molecule has 1 aromatic rings. The number of benzene rings is 1. The van der Waals surface area contributed by atoms with Crippen molar-refractivity contribution in [3.63, 3.8) is 0 Å². The molecule has 0 aliphatic carbocycles. The van der Waals surface area contributed by atoms with E-state index in [2.05, 4.69) is 5.32 Å². The van der Waals surface area contributed by atoms with Gasteiger partial charge in [-0.25, -0.2) is 0 Å². The second-order valence-corrected chi connectivity index (χ2v) is 4.61. The first kappa shape index (κ1) is 15.5. The molecule has 1 aromatic carbocycles. The largest absolute Gasteiger partial charge is 0.496 e. The summed E-state index contributed by atoms with van der Waals surface area (Å²) >= 11 is 0. The van der Waals surface area contributed by atoms with Gasteiger partial charge in [0.15, 0.2) is 0 Å². The molecule has 2 atom stereocenters. The first-order chi connectivity index (χ1) is 9.13. The molecular formula is C15H24N2O2. The normalized spacial score (nSPS) is 13.7. The van der Waals surface area contributed by atoms with Crippen molar-refractivity contribution in [2.24, 2.45) is 5.73 Å². The zero-order chi connectivity index (χ0) is 14.3. The number of carbonyl (C=O) groups excluding carboxylic acids is 1. The van der Waals surface area contributed by atoms with Crippen LogP contribution in [0.4, 0.5) is 0 Å². The summed E-state index contributed by atoms with van der Waals surface area (Å²) < 4.78 is 5.34. The maximum atomic E-state index is 12.0. The van der Waals surface area contributed by atoms with Gasteiger partial charge in [0.1, 0.15) is 5.75 Å². The molecule has 0 saturated heterocycles. The van der Waals surface area contributed by atoms with Crippen LogP contribution in [-0.2, 0) is 4.79 Å². The molecule has 0 fully saturated rings. The van der Waals surface area contributed by atoms with E-state index < -0.39 is 6.04 Å². The molecular weight excluding hydrogens is 240 g/mol. The number of methoxy groups -OCH3 is 1. The summed E-state index contributed by atoms with van der Waals surface area (Å²) in [5.74, 6) is 0.693. The van der Waals surface area contributed by atoms with Gasteiger partial charge in [0, 0.05) is 5.56 Å². The number of hydrogen-bond donors (Lipinski definition) is 2. The molecule has 0 saturated carbocycles. The van der Waals surface area contributed by atoms with Gasteiger partial charge in [0.25, 0.3) is 0 Å². The Balaban J connectivity index is 2.80. The lowest BCUT2D eigenvalue weighted by Gasteiger charge is -2.21. The fourth-order valence-corrected chi connectivity index (χ4v) is 2.07. The monoisotopic (exact) mass is 264 g/mol. The van der Waals surface area contributed by atoms with E-state index in [1.807, 2.05) is 38.1 Å². The predicted octanol–water partition coefficient (Wildman–Crippen LogP) is 2.39. The second-order valence-electron chi connectivity index (χ2n) is 4.61. The molecule has 1 rings (SSSR count). The van der Waals surface area contributed by atoms with Gasteiger partial charge in [-0.1, -0.05) is 38.5 Å². The van der Waals surface area contributed by atoms with E-state index in [9.17, 15) is 4.79 Å². The minimum atomic E-state index is -0.436. The Morgan fingerprint density at radius 2 is 2.05 bits per heavy atom. The van der Waals surface area contributed by atoms with E-state index in [-0.39, 0.29) is 11.9 Å². The van der Waals surface area contributed by atoms with Crippen molar-refractivity contribution in [1.82, 2.24) is 5.32 Å². The molecule has 2 unspecified atom stereocenters. The minimum Gasteiger partial charge on any atom is -0.496 e. The highest BCUT2D eigenvalue weighted by Gasteiger charge is 2.19. The zero-order valence-electron chi connectivity index (χ0n) is 12.0. The topological polar surface area (TPSA) is 64.4 Å². The highest BCUT2D eigenvalue weighted by atomic mass is 16.5. The summed E-state index contributed by atoms with van der Waals surface area (Å²) in [5.41, 5.74) is 6.83. The van der Waals surface area contributed by atoms with Gasteiger partial charge < -0.3 is 15.8 Å². The Labute approximate surface area is 115 Å². The van der Waals surface area contributed by atoms with Crippen molar-refractivity contribution in [3.05, 3.63) is 29.8 Å². The van der Waals surface area contributed by atoms with Crippen LogP contribution in [0, 0.1) is 0 Å². The molecule has 0 bridgehead atoms. The third kappa shape index (κ3) is 4.24. The Hall–Kier alpha value is -1.55. The number of rotatable bonds is 7. The summed E-state index contributed by atoms with van der Waals surface area (Å²) in [4.78, 5) is 12.0. The first-order valence-corrected chi connectivity index (χ1v) is 6.82.